The SMILES string of the molecule is N#Cc1ccccc1-n1nc(Cc2cccs2)c2c1NCC2. The van der Waals surface area contributed by atoms with Crippen LogP contribution in [0.1, 0.15) is 21.7 Å². The third-order valence-electron chi connectivity index (χ3n) is 3.91. The van der Waals surface area contributed by atoms with Crippen molar-refractivity contribution in [2.45, 2.75) is 12.8 Å². The minimum Gasteiger partial charge on any atom is -0.369 e. The molecule has 5 heteroatoms. The van der Waals surface area contributed by atoms with Crippen molar-refractivity contribution >= 4 is 17.2 Å². The van der Waals surface area contributed by atoms with Gasteiger partial charge in [0.05, 0.1) is 16.9 Å². The van der Waals surface area contributed by atoms with Crippen molar-refractivity contribution in [1.82, 2.24) is 9.78 Å². The van der Waals surface area contributed by atoms with Gasteiger partial charge in [0, 0.05) is 23.4 Å². The maximum absolute atomic E-state index is 9.33. The summed E-state index contributed by atoms with van der Waals surface area (Å²) in [6.45, 7) is 0.930. The van der Waals surface area contributed by atoms with Crippen LogP contribution in [0.3, 0.4) is 0 Å². The van der Waals surface area contributed by atoms with Gasteiger partial charge in [-0.1, -0.05) is 18.2 Å². The van der Waals surface area contributed by atoms with Crippen molar-refractivity contribution in [2.24, 2.45) is 0 Å². The number of thiophene rings is 1. The number of para-hydroxylation sites is 1. The van der Waals surface area contributed by atoms with Gasteiger partial charge in [-0.05, 0) is 30.0 Å². The minimum atomic E-state index is 0.643. The first kappa shape index (κ1) is 13.1. The van der Waals surface area contributed by atoms with Crippen LogP contribution in [0.25, 0.3) is 5.69 Å². The van der Waals surface area contributed by atoms with E-state index >= 15 is 0 Å². The molecule has 22 heavy (non-hydrogen) atoms. The molecule has 108 valence electrons. The molecule has 0 unspecified atom stereocenters. The van der Waals surface area contributed by atoms with Crippen molar-refractivity contribution in [3.8, 4) is 11.8 Å². The zero-order valence-electron chi connectivity index (χ0n) is 11.9. The number of aromatic nitrogens is 2. The summed E-state index contributed by atoms with van der Waals surface area (Å²) in [7, 11) is 0. The molecule has 4 nitrogen and oxygen atoms in total. The highest BCUT2D eigenvalue weighted by molar-refractivity contribution is 7.09. The van der Waals surface area contributed by atoms with Crippen LogP contribution in [-0.4, -0.2) is 16.3 Å². The molecule has 0 radical (unpaired) electrons. The summed E-state index contributed by atoms with van der Waals surface area (Å²) in [4.78, 5) is 1.31. The van der Waals surface area contributed by atoms with E-state index in [1.54, 1.807) is 11.3 Å². The molecule has 3 aromatic rings. The van der Waals surface area contributed by atoms with Gasteiger partial charge in [0.15, 0.2) is 0 Å². The number of nitrogens with zero attached hydrogens (tertiary/aromatic N) is 3. The molecule has 0 aliphatic carbocycles. The first-order valence-electron chi connectivity index (χ1n) is 7.23. The van der Waals surface area contributed by atoms with Crippen LogP contribution < -0.4 is 5.32 Å². The second kappa shape index (κ2) is 5.32. The molecule has 0 atom stereocenters. The molecule has 0 fully saturated rings. The van der Waals surface area contributed by atoms with E-state index in [1.807, 2.05) is 28.9 Å². The highest BCUT2D eigenvalue weighted by Gasteiger charge is 2.24. The number of hydrogen-bond acceptors (Lipinski definition) is 4. The van der Waals surface area contributed by atoms with E-state index in [4.69, 9.17) is 5.10 Å². The molecule has 3 heterocycles. The van der Waals surface area contributed by atoms with E-state index in [9.17, 15) is 5.26 Å². The third-order valence-corrected chi connectivity index (χ3v) is 4.79. The van der Waals surface area contributed by atoms with Crippen LogP contribution in [0.2, 0.25) is 0 Å². The fraction of sp³-hybridized carbons (Fsp3) is 0.176. The topological polar surface area (TPSA) is 53.6 Å². The Kier molecular flexibility index (Phi) is 3.17. The first-order chi connectivity index (χ1) is 10.9. The van der Waals surface area contributed by atoms with Crippen LogP contribution in [0, 0.1) is 11.3 Å². The molecule has 0 saturated carbocycles. The van der Waals surface area contributed by atoms with Crippen molar-refractivity contribution in [2.75, 3.05) is 11.9 Å². The van der Waals surface area contributed by atoms with Gasteiger partial charge in [-0.25, -0.2) is 4.68 Å². The summed E-state index contributed by atoms with van der Waals surface area (Å²) in [5.74, 6) is 1.04. The second-order valence-corrected chi connectivity index (χ2v) is 6.28. The molecule has 1 aliphatic heterocycles. The Morgan fingerprint density at radius 3 is 3.00 bits per heavy atom. The smallest absolute Gasteiger partial charge is 0.133 e. The quantitative estimate of drug-likeness (QED) is 0.807. The average Bonchev–Trinajstić information content (AvgIpc) is 3.26. The van der Waals surface area contributed by atoms with E-state index in [-0.39, 0.29) is 0 Å². The molecule has 1 aliphatic rings. The molecule has 4 rings (SSSR count). The van der Waals surface area contributed by atoms with Crippen LogP contribution >= 0.6 is 11.3 Å². The van der Waals surface area contributed by atoms with Crippen molar-refractivity contribution in [3.63, 3.8) is 0 Å². The van der Waals surface area contributed by atoms with E-state index in [0.29, 0.717) is 5.56 Å². The van der Waals surface area contributed by atoms with Crippen LogP contribution in [0.4, 0.5) is 5.82 Å². The number of anilines is 1. The molecule has 1 aromatic carbocycles. The molecule has 1 N–H and O–H groups in total. The van der Waals surface area contributed by atoms with Gasteiger partial charge < -0.3 is 5.32 Å². The zero-order chi connectivity index (χ0) is 14.9. The number of fused-ring (bicyclic) bond motifs is 1. The Bertz CT molecular complexity index is 855. The predicted molar refractivity (Wildman–Crippen MR) is 87.6 cm³/mol. The van der Waals surface area contributed by atoms with Crippen LogP contribution in [0.5, 0.6) is 0 Å². The lowest BCUT2D eigenvalue weighted by molar-refractivity contribution is 0.840. The first-order valence-corrected chi connectivity index (χ1v) is 8.11. The monoisotopic (exact) mass is 306 g/mol. The summed E-state index contributed by atoms with van der Waals surface area (Å²) < 4.78 is 1.89. The number of nitrogens with one attached hydrogen (secondary N) is 1. The number of nitriles is 1. The van der Waals surface area contributed by atoms with E-state index in [0.717, 1.165) is 36.6 Å². The van der Waals surface area contributed by atoms with Gasteiger partial charge in [-0.3, -0.25) is 0 Å². The normalized spacial score (nSPS) is 12.7. The fourth-order valence-corrected chi connectivity index (χ4v) is 3.60. The Hall–Kier alpha value is -2.58. The Morgan fingerprint density at radius 2 is 2.18 bits per heavy atom. The van der Waals surface area contributed by atoms with Crippen molar-refractivity contribution in [1.29, 1.82) is 5.26 Å². The molecular formula is C17H14N4S. The number of benzene rings is 1. The molecule has 0 saturated heterocycles. The van der Waals surface area contributed by atoms with Gasteiger partial charge >= 0.3 is 0 Å². The van der Waals surface area contributed by atoms with Gasteiger partial charge in [-0.15, -0.1) is 11.3 Å². The number of hydrogen-bond donors (Lipinski definition) is 1. The number of rotatable bonds is 3. The molecule has 0 amide bonds. The largest absolute Gasteiger partial charge is 0.369 e. The lowest BCUT2D eigenvalue weighted by Crippen LogP contribution is -2.06. The molecule has 2 aromatic heterocycles. The maximum atomic E-state index is 9.33. The summed E-state index contributed by atoms with van der Waals surface area (Å²) in [5.41, 5.74) is 3.87. The summed E-state index contributed by atoms with van der Waals surface area (Å²) >= 11 is 1.75. The van der Waals surface area contributed by atoms with Gasteiger partial charge in [-0.2, -0.15) is 10.4 Å². The standard InChI is InChI=1S/C17H14N4S/c18-11-12-4-1-2-6-16(12)21-17-14(7-8-19-17)15(20-21)10-13-5-3-9-22-13/h1-6,9,19H,7-8,10H2. The maximum Gasteiger partial charge on any atom is 0.133 e. The third kappa shape index (κ3) is 2.09. The van der Waals surface area contributed by atoms with Crippen molar-refractivity contribution in [3.05, 3.63) is 63.5 Å². The highest BCUT2D eigenvalue weighted by Crippen LogP contribution is 2.31. The summed E-state index contributed by atoms with van der Waals surface area (Å²) in [6.07, 6.45) is 1.84. The Labute approximate surface area is 132 Å². The molecular weight excluding hydrogens is 292 g/mol. The van der Waals surface area contributed by atoms with Crippen LogP contribution in [-0.2, 0) is 12.8 Å². The fourth-order valence-electron chi connectivity index (χ4n) is 2.89. The van der Waals surface area contributed by atoms with Crippen LogP contribution in [0.15, 0.2) is 41.8 Å². The van der Waals surface area contributed by atoms with Crippen molar-refractivity contribution < 1.29 is 0 Å². The second-order valence-electron chi connectivity index (χ2n) is 5.25. The predicted octanol–water partition coefficient (Wildman–Crippen LogP) is 3.36. The Morgan fingerprint density at radius 1 is 1.27 bits per heavy atom. The summed E-state index contributed by atoms with van der Waals surface area (Å²) in [6, 6.07) is 14.1. The molecule has 0 bridgehead atoms. The lowest BCUT2D eigenvalue weighted by Gasteiger charge is -2.07. The van der Waals surface area contributed by atoms with E-state index in [1.165, 1.54) is 10.4 Å². The lowest BCUT2D eigenvalue weighted by atomic mass is 10.1. The van der Waals surface area contributed by atoms with E-state index in [2.05, 4.69) is 28.9 Å². The molecule has 0 spiro atoms. The van der Waals surface area contributed by atoms with Gasteiger partial charge in [0.25, 0.3) is 0 Å². The van der Waals surface area contributed by atoms with E-state index < -0.39 is 0 Å². The van der Waals surface area contributed by atoms with Gasteiger partial charge in [0.2, 0.25) is 0 Å². The average molecular weight is 306 g/mol. The summed E-state index contributed by atoms with van der Waals surface area (Å²) in [5, 5.41) is 19.6. The minimum absolute atomic E-state index is 0.643. The Balaban J connectivity index is 1.83. The van der Waals surface area contributed by atoms with Gasteiger partial charge in [0.1, 0.15) is 11.9 Å². The zero-order valence-corrected chi connectivity index (χ0v) is 12.7. The highest BCUT2D eigenvalue weighted by atomic mass is 32.1.